The quantitative estimate of drug-likeness (QED) is 0.817. The number of aryl methyl sites for hydroxylation is 1. The van der Waals surface area contributed by atoms with Crippen LogP contribution in [0.2, 0.25) is 0 Å². The highest BCUT2D eigenvalue weighted by molar-refractivity contribution is 6.06. The highest BCUT2D eigenvalue weighted by atomic mass is 16.5. The van der Waals surface area contributed by atoms with Crippen molar-refractivity contribution >= 4 is 11.6 Å². The highest BCUT2D eigenvalue weighted by Gasteiger charge is 2.13. The normalized spacial score (nSPS) is 10.7. The van der Waals surface area contributed by atoms with Gasteiger partial charge >= 0.3 is 0 Å². The lowest BCUT2D eigenvalue weighted by molar-refractivity contribution is 0.102. The molecule has 0 saturated carbocycles. The van der Waals surface area contributed by atoms with Crippen LogP contribution < -0.4 is 10.1 Å². The second kappa shape index (κ2) is 7.82. The van der Waals surface area contributed by atoms with E-state index >= 15 is 0 Å². The van der Waals surface area contributed by atoms with Crippen LogP contribution in [0, 0.1) is 19.8 Å². The van der Waals surface area contributed by atoms with Gasteiger partial charge in [0, 0.05) is 5.69 Å². The fraction of sp³-hybridized carbons (Fsp3) is 0.350. The molecule has 0 aliphatic carbocycles. The van der Waals surface area contributed by atoms with Crippen LogP contribution in [-0.2, 0) is 0 Å². The molecular formula is C20H25NO2. The predicted molar refractivity (Wildman–Crippen MR) is 95.3 cm³/mol. The molecule has 2 rings (SSSR count). The Morgan fingerprint density at radius 2 is 1.83 bits per heavy atom. The summed E-state index contributed by atoms with van der Waals surface area (Å²) in [7, 11) is 0. The molecular weight excluding hydrogens is 286 g/mol. The Balaban J connectivity index is 2.14. The molecule has 0 aliphatic rings. The number of amides is 1. The zero-order valence-corrected chi connectivity index (χ0v) is 14.3. The van der Waals surface area contributed by atoms with Gasteiger partial charge in [0.1, 0.15) is 5.75 Å². The molecule has 1 N–H and O–H groups in total. The minimum atomic E-state index is -0.140. The van der Waals surface area contributed by atoms with Gasteiger partial charge in [0.05, 0.1) is 12.2 Å². The van der Waals surface area contributed by atoms with Crippen LogP contribution in [0.25, 0.3) is 0 Å². The van der Waals surface area contributed by atoms with Gasteiger partial charge in [-0.25, -0.2) is 0 Å². The summed E-state index contributed by atoms with van der Waals surface area (Å²) in [6, 6.07) is 13.3. The molecule has 3 nitrogen and oxygen atoms in total. The lowest BCUT2D eigenvalue weighted by Gasteiger charge is -2.14. The predicted octanol–water partition coefficient (Wildman–Crippen LogP) is 4.98. The van der Waals surface area contributed by atoms with E-state index in [4.69, 9.17) is 4.74 Å². The first kappa shape index (κ1) is 17.1. The van der Waals surface area contributed by atoms with Crippen molar-refractivity contribution in [1.82, 2.24) is 0 Å². The Labute approximate surface area is 138 Å². The van der Waals surface area contributed by atoms with Crippen LogP contribution in [-0.4, -0.2) is 12.5 Å². The Morgan fingerprint density at radius 3 is 2.57 bits per heavy atom. The third kappa shape index (κ3) is 4.59. The number of para-hydroxylation sites is 1. The molecule has 0 spiro atoms. The molecule has 23 heavy (non-hydrogen) atoms. The molecule has 0 atom stereocenters. The van der Waals surface area contributed by atoms with Crippen molar-refractivity contribution in [2.24, 2.45) is 5.92 Å². The summed E-state index contributed by atoms with van der Waals surface area (Å²) in [5.41, 5.74) is 3.65. The minimum Gasteiger partial charge on any atom is -0.493 e. The molecule has 122 valence electrons. The average Bonchev–Trinajstić information content (AvgIpc) is 2.52. The van der Waals surface area contributed by atoms with Gasteiger partial charge in [0.2, 0.25) is 0 Å². The van der Waals surface area contributed by atoms with Crippen molar-refractivity contribution in [3.05, 3.63) is 59.2 Å². The van der Waals surface area contributed by atoms with Gasteiger partial charge in [-0.1, -0.05) is 38.1 Å². The van der Waals surface area contributed by atoms with E-state index in [1.54, 1.807) is 6.07 Å². The maximum atomic E-state index is 12.6. The zero-order chi connectivity index (χ0) is 16.8. The minimum absolute atomic E-state index is 0.140. The van der Waals surface area contributed by atoms with E-state index in [1.165, 1.54) is 0 Å². The average molecular weight is 311 g/mol. The first-order valence-electron chi connectivity index (χ1n) is 8.08. The molecule has 0 aromatic heterocycles. The van der Waals surface area contributed by atoms with E-state index in [9.17, 15) is 4.79 Å². The summed E-state index contributed by atoms with van der Waals surface area (Å²) < 4.78 is 5.80. The Kier molecular flexibility index (Phi) is 5.80. The van der Waals surface area contributed by atoms with Crippen molar-refractivity contribution < 1.29 is 9.53 Å². The number of anilines is 1. The van der Waals surface area contributed by atoms with E-state index in [1.807, 2.05) is 50.2 Å². The van der Waals surface area contributed by atoms with Gasteiger partial charge in [0.25, 0.3) is 5.91 Å². The summed E-state index contributed by atoms with van der Waals surface area (Å²) in [5.74, 6) is 1.07. The fourth-order valence-electron chi connectivity index (χ4n) is 2.26. The van der Waals surface area contributed by atoms with Crippen LogP contribution in [0.1, 0.15) is 41.8 Å². The summed E-state index contributed by atoms with van der Waals surface area (Å²) in [6.45, 7) is 8.97. The third-order valence-electron chi connectivity index (χ3n) is 3.94. The molecule has 3 heteroatoms. The van der Waals surface area contributed by atoms with Crippen LogP contribution in [0.5, 0.6) is 5.75 Å². The lowest BCUT2D eigenvalue weighted by Crippen LogP contribution is -2.15. The van der Waals surface area contributed by atoms with Gasteiger partial charge < -0.3 is 10.1 Å². The first-order chi connectivity index (χ1) is 11.0. The van der Waals surface area contributed by atoms with E-state index < -0.39 is 0 Å². The summed E-state index contributed by atoms with van der Waals surface area (Å²) in [6.07, 6.45) is 0.965. The third-order valence-corrected chi connectivity index (χ3v) is 3.94. The molecule has 0 saturated heterocycles. The fourth-order valence-corrected chi connectivity index (χ4v) is 2.26. The SMILES string of the molecule is Cc1cccc(NC(=O)c2ccccc2OCCC(C)C)c1C. The van der Waals surface area contributed by atoms with Gasteiger partial charge in [-0.15, -0.1) is 0 Å². The second-order valence-electron chi connectivity index (χ2n) is 6.23. The van der Waals surface area contributed by atoms with Crippen molar-refractivity contribution in [3.8, 4) is 5.75 Å². The van der Waals surface area contributed by atoms with Gasteiger partial charge in [-0.2, -0.15) is 0 Å². The summed E-state index contributed by atoms with van der Waals surface area (Å²) in [4.78, 5) is 12.6. The number of hydrogen-bond donors (Lipinski definition) is 1. The summed E-state index contributed by atoms with van der Waals surface area (Å²) in [5, 5.41) is 2.99. The number of rotatable bonds is 6. The van der Waals surface area contributed by atoms with E-state index in [0.717, 1.165) is 23.2 Å². The topological polar surface area (TPSA) is 38.3 Å². The molecule has 2 aromatic rings. The Hall–Kier alpha value is -2.29. The number of carbonyl (C=O) groups is 1. The molecule has 0 fully saturated rings. The number of carbonyl (C=O) groups excluding carboxylic acids is 1. The number of nitrogens with one attached hydrogen (secondary N) is 1. The van der Waals surface area contributed by atoms with Gasteiger partial charge in [-0.05, 0) is 55.5 Å². The first-order valence-corrected chi connectivity index (χ1v) is 8.08. The van der Waals surface area contributed by atoms with Crippen molar-refractivity contribution in [1.29, 1.82) is 0 Å². The van der Waals surface area contributed by atoms with Gasteiger partial charge in [-0.3, -0.25) is 4.79 Å². The lowest BCUT2D eigenvalue weighted by atomic mass is 10.1. The standard InChI is InChI=1S/C20H25NO2/c1-14(2)12-13-23-19-11-6-5-9-17(19)20(22)21-18-10-7-8-15(3)16(18)4/h5-11,14H,12-13H2,1-4H3,(H,21,22). The van der Waals surface area contributed by atoms with E-state index in [0.29, 0.717) is 23.8 Å². The molecule has 0 bridgehead atoms. The van der Waals surface area contributed by atoms with Crippen LogP contribution in [0.15, 0.2) is 42.5 Å². The Bertz CT molecular complexity index is 677. The molecule has 2 aromatic carbocycles. The van der Waals surface area contributed by atoms with E-state index in [-0.39, 0.29) is 5.91 Å². The van der Waals surface area contributed by atoms with Crippen LogP contribution >= 0.6 is 0 Å². The number of hydrogen-bond acceptors (Lipinski definition) is 2. The zero-order valence-electron chi connectivity index (χ0n) is 14.3. The maximum absolute atomic E-state index is 12.6. The largest absolute Gasteiger partial charge is 0.493 e. The van der Waals surface area contributed by atoms with Crippen LogP contribution in [0.4, 0.5) is 5.69 Å². The van der Waals surface area contributed by atoms with Crippen molar-refractivity contribution in [2.45, 2.75) is 34.1 Å². The van der Waals surface area contributed by atoms with Crippen molar-refractivity contribution in [3.63, 3.8) is 0 Å². The molecule has 1 amide bonds. The smallest absolute Gasteiger partial charge is 0.259 e. The molecule has 0 aliphatic heterocycles. The number of benzene rings is 2. The Morgan fingerprint density at radius 1 is 1.09 bits per heavy atom. The second-order valence-corrected chi connectivity index (χ2v) is 6.23. The van der Waals surface area contributed by atoms with Crippen LogP contribution in [0.3, 0.4) is 0 Å². The monoisotopic (exact) mass is 311 g/mol. The van der Waals surface area contributed by atoms with Gasteiger partial charge in [0.15, 0.2) is 0 Å². The molecule has 0 heterocycles. The molecule has 0 radical (unpaired) electrons. The maximum Gasteiger partial charge on any atom is 0.259 e. The van der Waals surface area contributed by atoms with E-state index in [2.05, 4.69) is 19.2 Å². The molecule has 0 unspecified atom stereocenters. The summed E-state index contributed by atoms with van der Waals surface area (Å²) >= 11 is 0. The highest BCUT2D eigenvalue weighted by Crippen LogP contribution is 2.23. The van der Waals surface area contributed by atoms with Crippen molar-refractivity contribution in [2.75, 3.05) is 11.9 Å². The number of ether oxygens (including phenoxy) is 1.